The molecule has 2 N–H and O–H groups in total. The maximum Gasteiger partial charge on any atom is 0.255 e. The number of carbonyl (C=O) groups is 1. The number of aliphatic hydroxyl groups is 1. The van der Waals surface area contributed by atoms with Crippen molar-refractivity contribution in [1.82, 2.24) is 19.9 Å². The molecule has 13 heteroatoms. The molecular formula is C37H31F2N5O5S. The topological polar surface area (TPSA) is 119 Å². The molecule has 50 heavy (non-hydrogen) atoms. The Labute approximate surface area is 289 Å². The van der Waals surface area contributed by atoms with E-state index in [1.807, 2.05) is 34.8 Å². The first-order valence-electron chi connectivity index (χ1n) is 15.6. The predicted molar refractivity (Wildman–Crippen MR) is 189 cm³/mol. The maximum absolute atomic E-state index is 14.6. The summed E-state index contributed by atoms with van der Waals surface area (Å²) in [6.07, 6.45) is 6.18. The molecule has 0 spiro atoms. The molecule has 10 nitrogen and oxygen atoms in total. The van der Waals surface area contributed by atoms with Crippen LogP contribution in [0.15, 0.2) is 100 Å². The number of aliphatic hydroxyl groups excluding tert-OH is 1. The second kappa shape index (κ2) is 13.7. The number of amides is 1. The fourth-order valence-electron chi connectivity index (χ4n) is 5.96. The fraction of sp³-hybridized carbons (Fsp3) is 0.162. The highest BCUT2D eigenvalue weighted by molar-refractivity contribution is 8.00. The number of anilines is 1. The van der Waals surface area contributed by atoms with Crippen molar-refractivity contribution in [3.8, 4) is 39.7 Å². The van der Waals surface area contributed by atoms with E-state index in [0.717, 1.165) is 0 Å². The Balaban J connectivity index is 1.44. The molecule has 0 saturated heterocycles. The van der Waals surface area contributed by atoms with E-state index in [2.05, 4.69) is 15.3 Å². The lowest BCUT2D eigenvalue weighted by molar-refractivity contribution is 0.0964. The van der Waals surface area contributed by atoms with Gasteiger partial charge in [-0.3, -0.25) is 4.79 Å². The van der Waals surface area contributed by atoms with Crippen LogP contribution in [-0.2, 0) is 6.54 Å². The van der Waals surface area contributed by atoms with E-state index in [-0.39, 0.29) is 40.8 Å². The number of nitrogens with zero attached hydrogens (tertiary/aromatic N) is 4. The Morgan fingerprint density at radius 2 is 1.84 bits per heavy atom. The van der Waals surface area contributed by atoms with Gasteiger partial charge in [-0.05, 0) is 60.2 Å². The summed E-state index contributed by atoms with van der Waals surface area (Å²) >= 11 is 1.40. The Morgan fingerprint density at radius 1 is 1.04 bits per heavy atom. The standard InChI is InChI=1S/C37H31F2N5O5S/c1-40-36(46)33-26-16-25(22-9-12-30(47-2)27(15-22)37-42-34-28(39)5-4-6-31(34)49-37)29(44(50-3)19-24(45)18-43-14-13-41-20-43)17-32(26)48-35(33)21-7-10-23(38)11-8-21/h4-17,20,24,45H,18-19H2,1-3H3,(H,40,46). The van der Waals surface area contributed by atoms with E-state index in [0.29, 0.717) is 51.2 Å². The quantitative estimate of drug-likeness (QED) is 0.132. The summed E-state index contributed by atoms with van der Waals surface area (Å²) in [6.45, 7) is 0.533. The molecule has 3 heterocycles. The Kier molecular flexibility index (Phi) is 9.00. The molecule has 0 aliphatic heterocycles. The molecule has 1 unspecified atom stereocenters. The highest BCUT2D eigenvalue weighted by atomic mass is 32.2. The van der Waals surface area contributed by atoms with Gasteiger partial charge in [-0.2, -0.15) is 0 Å². The van der Waals surface area contributed by atoms with Crippen LogP contribution in [0.25, 0.3) is 56.0 Å². The number of hydrogen-bond donors (Lipinski definition) is 2. The van der Waals surface area contributed by atoms with Crippen LogP contribution in [0.3, 0.4) is 0 Å². The number of hydrogen-bond acceptors (Lipinski definition) is 9. The normalized spacial score (nSPS) is 12.0. The van der Waals surface area contributed by atoms with Gasteiger partial charge in [0.1, 0.15) is 28.4 Å². The highest BCUT2D eigenvalue weighted by Crippen LogP contribution is 2.44. The third-order valence-electron chi connectivity index (χ3n) is 8.32. The number of rotatable bonds is 11. The molecule has 1 atom stereocenters. The van der Waals surface area contributed by atoms with E-state index in [9.17, 15) is 18.7 Å². The molecule has 1 amide bonds. The zero-order valence-corrected chi connectivity index (χ0v) is 28.0. The number of benzene rings is 4. The molecule has 0 bridgehead atoms. The van der Waals surface area contributed by atoms with Crippen molar-refractivity contribution in [3.63, 3.8) is 0 Å². The largest absolute Gasteiger partial charge is 0.496 e. The van der Waals surface area contributed by atoms with Gasteiger partial charge in [0.25, 0.3) is 5.91 Å². The molecule has 0 radical (unpaired) electrons. The SMILES string of the molecule is CNC(=O)c1c(-c2ccc(F)cc2)oc2cc(N(CC(O)Cn3ccnc3)SC)c(-c3ccc(OC)c(-c4nc5c(F)cccc5o4)c3)cc12. The number of aromatic nitrogens is 3. The Hall–Kier alpha value is -5.66. The van der Waals surface area contributed by atoms with Crippen LogP contribution in [0, 0.1) is 11.6 Å². The Morgan fingerprint density at radius 3 is 2.54 bits per heavy atom. The third-order valence-corrected chi connectivity index (χ3v) is 9.11. The number of imidazole rings is 1. The van der Waals surface area contributed by atoms with Gasteiger partial charge >= 0.3 is 0 Å². The summed E-state index contributed by atoms with van der Waals surface area (Å²) in [5.74, 6) is -0.419. The molecule has 7 aromatic rings. The lowest BCUT2D eigenvalue weighted by Gasteiger charge is -2.27. The average Bonchev–Trinajstić information content (AvgIpc) is 3.89. The molecule has 254 valence electrons. The fourth-order valence-corrected chi connectivity index (χ4v) is 6.62. The van der Waals surface area contributed by atoms with Gasteiger partial charge in [0, 0.05) is 48.3 Å². The molecule has 0 aliphatic carbocycles. The van der Waals surface area contributed by atoms with Gasteiger partial charge in [0.15, 0.2) is 11.4 Å². The molecular weight excluding hydrogens is 665 g/mol. The Bertz CT molecular complexity index is 2320. The minimum atomic E-state index is -0.783. The van der Waals surface area contributed by atoms with Crippen molar-refractivity contribution in [2.75, 3.05) is 31.3 Å². The van der Waals surface area contributed by atoms with Crippen LogP contribution in [0.5, 0.6) is 5.75 Å². The van der Waals surface area contributed by atoms with Gasteiger partial charge in [0.05, 0.1) is 49.4 Å². The molecule has 3 aromatic heterocycles. The summed E-state index contributed by atoms with van der Waals surface area (Å²) in [6, 6.07) is 19.4. The average molecular weight is 696 g/mol. The van der Waals surface area contributed by atoms with Crippen LogP contribution in [0.2, 0.25) is 0 Å². The van der Waals surface area contributed by atoms with E-state index in [4.69, 9.17) is 13.6 Å². The van der Waals surface area contributed by atoms with Gasteiger partial charge in [-0.1, -0.05) is 24.1 Å². The first-order chi connectivity index (χ1) is 24.3. The zero-order chi connectivity index (χ0) is 34.9. The molecule has 4 aromatic carbocycles. The number of ether oxygens (including phenoxy) is 1. The lowest BCUT2D eigenvalue weighted by Crippen LogP contribution is -2.30. The number of oxazole rings is 1. The molecule has 0 fully saturated rings. The van der Waals surface area contributed by atoms with Crippen molar-refractivity contribution in [3.05, 3.63) is 109 Å². The van der Waals surface area contributed by atoms with Crippen LogP contribution < -0.4 is 14.4 Å². The van der Waals surface area contributed by atoms with Crippen LogP contribution in [0.4, 0.5) is 14.5 Å². The van der Waals surface area contributed by atoms with Crippen LogP contribution >= 0.6 is 11.9 Å². The van der Waals surface area contributed by atoms with Crippen molar-refractivity contribution in [2.45, 2.75) is 12.6 Å². The number of nitrogens with one attached hydrogen (secondary N) is 1. The number of furan rings is 1. The van der Waals surface area contributed by atoms with Gasteiger partial charge in [0.2, 0.25) is 5.89 Å². The monoisotopic (exact) mass is 695 g/mol. The predicted octanol–water partition coefficient (Wildman–Crippen LogP) is 7.56. The number of para-hydroxylation sites is 1. The van der Waals surface area contributed by atoms with Crippen LogP contribution in [-0.4, -0.2) is 58.6 Å². The second-order valence-electron chi connectivity index (χ2n) is 11.4. The van der Waals surface area contributed by atoms with Gasteiger partial charge in [-0.25, -0.2) is 18.7 Å². The smallest absolute Gasteiger partial charge is 0.255 e. The summed E-state index contributed by atoms with van der Waals surface area (Å²) in [5.41, 5.74) is 4.13. The molecule has 0 aliphatic rings. The second-order valence-corrected chi connectivity index (χ2v) is 12.2. The number of carbonyl (C=O) groups excluding carboxylic acids is 1. The summed E-state index contributed by atoms with van der Waals surface area (Å²) in [7, 11) is 3.05. The molecule has 0 saturated carbocycles. The zero-order valence-electron chi connectivity index (χ0n) is 27.2. The number of fused-ring (bicyclic) bond motifs is 2. The lowest BCUT2D eigenvalue weighted by atomic mass is 9.96. The maximum atomic E-state index is 14.6. The summed E-state index contributed by atoms with van der Waals surface area (Å²) in [4.78, 5) is 22.0. The number of halogens is 2. The van der Waals surface area contributed by atoms with Gasteiger partial charge < -0.3 is 32.9 Å². The van der Waals surface area contributed by atoms with E-state index in [1.165, 1.54) is 44.3 Å². The van der Waals surface area contributed by atoms with E-state index >= 15 is 0 Å². The van der Waals surface area contributed by atoms with E-state index in [1.54, 1.807) is 53.6 Å². The van der Waals surface area contributed by atoms with Crippen molar-refractivity contribution >= 4 is 45.6 Å². The van der Waals surface area contributed by atoms with E-state index < -0.39 is 17.7 Å². The minimum absolute atomic E-state index is 0.0967. The van der Waals surface area contributed by atoms with Crippen molar-refractivity contribution in [2.24, 2.45) is 0 Å². The van der Waals surface area contributed by atoms with Crippen LogP contribution in [0.1, 0.15) is 10.4 Å². The van der Waals surface area contributed by atoms with Crippen molar-refractivity contribution < 1.29 is 32.3 Å². The van der Waals surface area contributed by atoms with Crippen molar-refractivity contribution in [1.29, 1.82) is 0 Å². The molecule has 7 rings (SSSR count). The third kappa shape index (κ3) is 6.16. The number of methoxy groups -OCH3 is 1. The summed E-state index contributed by atoms with van der Waals surface area (Å²) in [5, 5.41) is 14.4. The van der Waals surface area contributed by atoms with Gasteiger partial charge in [-0.15, -0.1) is 0 Å². The highest BCUT2D eigenvalue weighted by Gasteiger charge is 2.26. The summed E-state index contributed by atoms with van der Waals surface area (Å²) < 4.78 is 50.3. The minimum Gasteiger partial charge on any atom is -0.496 e. The first kappa shape index (κ1) is 32.9. The first-order valence-corrected chi connectivity index (χ1v) is 16.7.